The smallest absolute Gasteiger partial charge is 0.244 e. The van der Waals surface area contributed by atoms with Crippen molar-refractivity contribution in [2.45, 2.75) is 52.5 Å². The minimum absolute atomic E-state index is 0.337. The summed E-state index contributed by atoms with van der Waals surface area (Å²) >= 11 is 0. The molecule has 170 valence electrons. The zero-order chi connectivity index (χ0) is 23.6. The van der Waals surface area contributed by atoms with Gasteiger partial charge in [0, 0.05) is 43.4 Å². The fourth-order valence-electron chi connectivity index (χ4n) is 4.09. The molecule has 0 radical (unpaired) electrons. The predicted molar refractivity (Wildman–Crippen MR) is 124 cm³/mol. The van der Waals surface area contributed by atoms with Crippen LogP contribution in [0.5, 0.6) is 0 Å². The molecule has 9 heteroatoms. The highest BCUT2D eigenvalue weighted by molar-refractivity contribution is 5.96. The Morgan fingerprint density at radius 3 is 2.61 bits per heavy atom. The summed E-state index contributed by atoms with van der Waals surface area (Å²) in [6.45, 7) is 8.11. The summed E-state index contributed by atoms with van der Waals surface area (Å²) in [7, 11) is 0. The number of nitrogens with zero attached hydrogens (tertiary/aromatic N) is 7. The normalized spacial score (nSPS) is 18.2. The molecule has 0 saturated heterocycles. The molecule has 1 amide bonds. The van der Waals surface area contributed by atoms with Gasteiger partial charge in [0.1, 0.15) is 0 Å². The van der Waals surface area contributed by atoms with Crippen molar-refractivity contribution in [1.29, 1.82) is 0 Å². The van der Waals surface area contributed by atoms with Crippen molar-refractivity contribution in [3.63, 3.8) is 0 Å². The monoisotopic (exact) mass is 444 g/mol. The first kappa shape index (κ1) is 22.4. The Morgan fingerprint density at radius 1 is 1.15 bits per heavy atom. The SMILES string of the molecule is Cc1ccc(C2=CC(Cc3cnc(C)cn3)(n3nnnc3CC(C)C)CC(C(N)=O)=C2)nc1. The van der Waals surface area contributed by atoms with Crippen LogP contribution in [0.15, 0.2) is 48.4 Å². The number of pyridine rings is 1. The Labute approximate surface area is 192 Å². The molecule has 0 fully saturated rings. The highest BCUT2D eigenvalue weighted by Crippen LogP contribution is 2.39. The molecule has 33 heavy (non-hydrogen) atoms. The van der Waals surface area contributed by atoms with E-state index in [1.165, 1.54) is 0 Å². The van der Waals surface area contributed by atoms with E-state index in [0.717, 1.165) is 34.0 Å². The number of allylic oxidation sites excluding steroid dienone is 3. The fourth-order valence-corrected chi connectivity index (χ4v) is 4.09. The molecule has 0 bridgehead atoms. The lowest BCUT2D eigenvalue weighted by Crippen LogP contribution is -2.41. The van der Waals surface area contributed by atoms with Crippen molar-refractivity contribution in [2.75, 3.05) is 0 Å². The molecule has 2 N–H and O–H groups in total. The highest BCUT2D eigenvalue weighted by atomic mass is 16.1. The maximum absolute atomic E-state index is 12.4. The van der Waals surface area contributed by atoms with Crippen LogP contribution in [-0.4, -0.2) is 41.1 Å². The summed E-state index contributed by atoms with van der Waals surface area (Å²) in [5.41, 5.74) is 9.68. The van der Waals surface area contributed by atoms with E-state index in [1.807, 2.05) is 36.7 Å². The molecule has 3 aromatic rings. The molecular weight excluding hydrogens is 416 g/mol. The minimum Gasteiger partial charge on any atom is -0.366 e. The van der Waals surface area contributed by atoms with Gasteiger partial charge in [-0.05, 0) is 59.5 Å². The first-order valence-electron chi connectivity index (χ1n) is 11.0. The Morgan fingerprint density at radius 2 is 1.97 bits per heavy atom. The van der Waals surface area contributed by atoms with Crippen molar-refractivity contribution in [1.82, 2.24) is 35.2 Å². The Balaban J connectivity index is 1.91. The van der Waals surface area contributed by atoms with E-state index in [1.54, 1.807) is 18.6 Å². The number of carbonyl (C=O) groups is 1. The van der Waals surface area contributed by atoms with Crippen molar-refractivity contribution in [2.24, 2.45) is 11.7 Å². The van der Waals surface area contributed by atoms with Crippen LogP contribution in [0.25, 0.3) is 5.57 Å². The number of aryl methyl sites for hydroxylation is 2. The van der Waals surface area contributed by atoms with Gasteiger partial charge < -0.3 is 5.73 Å². The van der Waals surface area contributed by atoms with Crippen LogP contribution < -0.4 is 5.73 Å². The number of carbonyl (C=O) groups excluding carboxylic acids is 1. The molecule has 9 nitrogen and oxygen atoms in total. The topological polar surface area (TPSA) is 125 Å². The largest absolute Gasteiger partial charge is 0.366 e. The number of hydrogen-bond donors (Lipinski definition) is 1. The molecule has 0 saturated carbocycles. The summed E-state index contributed by atoms with van der Waals surface area (Å²) in [4.78, 5) is 26.0. The molecular formula is C24H28N8O. The fraction of sp³-hybridized carbons (Fsp3) is 0.375. The van der Waals surface area contributed by atoms with Crippen LogP contribution in [0.2, 0.25) is 0 Å². The maximum Gasteiger partial charge on any atom is 0.244 e. The van der Waals surface area contributed by atoms with Gasteiger partial charge in [-0.1, -0.05) is 19.9 Å². The Kier molecular flexibility index (Phi) is 6.13. The van der Waals surface area contributed by atoms with Crippen LogP contribution in [0, 0.1) is 19.8 Å². The van der Waals surface area contributed by atoms with Gasteiger partial charge in [-0.3, -0.25) is 19.7 Å². The quantitative estimate of drug-likeness (QED) is 0.593. The highest BCUT2D eigenvalue weighted by Gasteiger charge is 2.39. The standard InChI is InChI=1S/C24H28N8O/c1-15(2)7-22-29-30-31-32(22)24(11-20-14-26-17(4)13-27-20)9-18(8-19(10-24)23(25)33)21-6-5-16(3)12-28-21/h5-6,8-9,12-15H,7,10-11H2,1-4H3,(H2,25,33). The Bertz CT molecular complexity index is 1210. The second-order valence-electron chi connectivity index (χ2n) is 9.07. The van der Waals surface area contributed by atoms with Crippen LogP contribution in [0.1, 0.15) is 48.7 Å². The lowest BCUT2D eigenvalue weighted by molar-refractivity contribution is -0.114. The van der Waals surface area contributed by atoms with Crippen LogP contribution in [0.4, 0.5) is 0 Å². The van der Waals surface area contributed by atoms with E-state index in [9.17, 15) is 4.79 Å². The minimum atomic E-state index is -0.793. The van der Waals surface area contributed by atoms with E-state index < -0.39 is 11.4 Å². The van der Waals surface area contributed by atoms with Gasteiger partial charge in [-0.2, -0.15) is 0 Å². The van der Waals surface area contributed by atoms with Gasteiger partial charge in [0.15, 0.2) is 5.82 Å². The van der Waals surface area contributed by atoms with E-state index >= 15 is 0 Å². The maximum atomic E-state index is 12.4. The third-order valence-corrected chi connectivity index (χ3v) is 5.64. The second kappa shape index (κ2) is 9.01. The Hall–Kier alpha value is -3.75. The molecule has 1 unspecified atom stereocenters. The van der Waals surface area contributed by atoms with Gasteiger partial charge in [0.05, 0.1) is 22.6 Å². The van der Waals surface area contributed by atoms with Crippen LogP contribution in [-0.2, 0) is 23.2 Å². The average Bonchev–Trinajstić information content (AvgIpc) is 3.24. The zero-order valence-electron chi connectivity index (χ0n) is 19.4. The first-order valence-corrected chi connectivity index (χ1v) is 11.0. The van der Waals surface area contributed by atoms with Crippen molar-refractivity contribution in [3.05, 3.63) is 76.9 Å². The summed E-state index contributed by atoms with van der Waals surface area (Å²) < 4.78 is 1.82. The number of rotatable bonds is 7. The lowest BCUT2D eigenvalue weighted by atomic mass is 9.79. The molecule has 4 rings (SSSR count). The number of tetrazole rings is 1. The number of nitrogens with two attached hydrogens (primary N) is 1. The van der Waals surface area contributed by atoms with E-state index in [2.05, 4.69) is 50.4 Å². The zero-order valence-corrected chi connectivity index (χ0v) is 19.4. The summed E-state index contributed by atoms with van der Waals surface area (Å²) in [5.74, 6) is 0.608. The van der Waals surface area contributed by atoms with Crippen molar-refractivity contribution >= 4 is 11.5 Å². The van der Waals surface area contributed by atoms with E-state index in [0.29, 0.717) is 30.8 Å². The third kappa shape index (κ3) is 4.87. The molecule has 1 aliphatic rings. The molecule has 1 atom stereocenters. The van der Waals surface area contributed by atoms with Gasteiger partial charge in [0.25, 0.3) is 0 Å². The molecule has 1 aliphatic carbocycles. The van der Waals surface area contributed by atoms with Crippen LogP contribution >= 0.6 is 0 Å². The number of primary amides is 1. The molecule has 0 aliphatic heterocycles. The average molecular weight is 445 g/mol. The summed E-state index contributed by atoms with van der Waals surface area (Å²) in [6.07, 6.45) is 10.7. The van der Waals surface area contributed by atoms with Crippen molar-refractivity contribution < 1.29 is 4.79 Å². The predicted octanol–water partition coefficient (Wildman–Crippen LogP) is 2.51. The van der Waals surface area contributed by atoms with E-state index in [-0.39, 0.29) is 0 Å². The van der Waals surface area contributed by atoms with Crippen molar-refractivity contribution in [3.8, 4) is 0 Å². The van der Waals surface area contributed by atoms with Gasteiger partial charge in [-0.15, -0.1) is 5.10 Å². The second-order valence-corrected chi connectivity index (χ2v) is 9.07. The molecule has 3 heterocycles. The molecule has 0 aromatic carbocycles. The first-order chi connectivity index (χ1) is 15.8. The number of aromatic nitrogens is 7. The molecule has 3 aromatic heterocycles. The van der Waals surface area contributed by atoms with Gasteiger partial charge in [0.2, 0.25) is 5.91 Å². The van der Waals surface area contributed by atoms with Crippen LogP contribution in [0.3, 0.4) is 0 Å². The van der Waals surface area contributed by atoms with E-state index in [4.69, 9.17) is 5.73 Å². The number of hydrogen-bond acceptors (Lipinski definition) is 7. The van der Waals surface area contributed by atoms with Gasteiger partial charge in [-0.25, -0.2) is 4.68 Å². The van der Waals surface area contributed by atoms with Gasteiger partial charge >= 0.3 is 0 Å². The number of amides is 1. The lowest BCUT2D eigenvalue weighted by Gasteiger charge is -2.35. The molecule has 0 spiro atoms. The summed E-state index contributed by atoms with van der Waals surface area (Å²) in [5, 5.41) is 12.7. The summed E-state index contributed by atoms with van der Waals surface area (Å²) in [6, 6.07) is 3.93. The third-order valence-electron chi connectivity index (χ3n) is 5.64.